The Hall–Kier alpha value is -0.690. The molecular weight excluding hydrogens is 124 g/mol. The molecule has 1 radical (unpaired) electrons. The van der Waals surface area contributed by atoms with Crippen molar-refractivity contribution in [3.05, 3.63) is 29.3 Å². The Bertz CT molecular complexity index is 168. The third-order valence-electron chi connectivity index (χ3n) is 0.744. The van der Waals surface area contributed by atoms with Crippen LogP contribution in [-0.4, -0.2) is 5.11 Å². The molecule has 1 nitrogen and oxygen atoms in total. The number of phenolic OH excluding ortho intramolecular Hbond substituents is 1. The molecule has 0 aliphatic rings. The highest BCUT2D eigenvalue weighted by molar-refractivity contribution is 6.30. The zero-order valence-electron chi connectivity index (χ0n) is 4.06. The lowest BCUT2D eigenvalue weighted by atomic mass is 10.3. The van der Waals surface area contributed by atoms with Crippen LogP contribution < -0.4 is 0 Å². The summed E-state index contributed by atoms with van der Waals surface area (Å²) in [5.41, 5.74) is 0. The fourth-order valence-corrected chi connectivity index (χ4v) is 0.599. The third kappa shape index (κ3) is 1.14. The summed E-state index contributed by atoms with van der Waals surface area (Å²) in [6.07, 6.45) is 0. The van der Waals surface area contributed by atoms with Crippen molar-refractivity contribution in [2.75, 3.05) is 0 Å². The van der Waals surface area contributed by atoms with Gasteiger partial charge in [0.2, 0.25) is 0 Å². The van der Waals surface area contributed by atoms with Crippen LogP contribution in [-0.2, 0) is 0 Å². The average Bonchev–Trinajstić information content (AvgIpc) is 1.64. The van der Waals surface area contributed by atoms with E-state index in [1.807, 2.05) is 0 Å². The molecule has 0 saturated heterocycles. The lowest BCUT2D eigenvalue weighted by Crippen LogP contribution is -1.62. The van der Waals surface area contributed by atoms with Gasteiger partial charge in [-0.25, -0.2) is 0 Å². The summed E-state index contributed by atoms with van der Waals surface area (Å²) in [6, 6.07) is 7.33. The summed E-state index contributed by atoms with van der Waals surface area (Å²) < 4.78 is 0. The van der Waals surface area contributed by atoms with Gasteiger partial charge in [0.1, 0.15) is 5.75 Å². The molecule has 0 aromatic heterocycles. The number of benzene rings is 1. The van der Waals surface area contributed by atoms with E-state index in [0.29, 0.717) is 5.02 Å². The second-order valence-electron chi connectivity index (χ2n) is 1.38. The number of phenols is 1. The van der Waals surface area contributed by atoms with Crippen LogP contribution in [0, 0.1) is 6.07 Å². The van der Waals surface area contributed by atoms with Crippen molar-refractivity contribution in [1.82, 2.24) is 0 Å². The fourth-order valence-electron chi connectivity index (χ4n) is 0.429. The van der Waals surface area contributed by atoms with E-state index in [9.17, 15) is 0 Å². The molecular formula is C6H4ClO. The minimum atomic E-state index is 0.0810. The highest BCUT2D eigenvalue weighted by Crippen LogP contribution is 2.13. The highest BCUT2D eigenvalue weighted by Gasteiger charge is 1.86. The lowest BCUT2D eigenvalue weighted by molar-refractivity contribution is 0.474. The molecule has 0 amide bonds. The quantitative estimate of drug-likeness (QED) is 0.564. The first-order chi connectivity index (χ1) is 3.79. The van der Waals surface area contributed by atoms with Gasteiger partial charge in [0.05, 0.1) is 5.02 Å². The Labute approximate surface area is 52.5 Å². The van der Waals surface area contributed by atoms with Crippen LogP contribution in [0.25, 0.3) is 0 Å². The van der Waals surface area contributed by atoms with Gasteiger partial charge in [0.15, 0.2) is 0 Å². The number of halogens is 1. The van der Waals surface area contributed by atoms with Crippen LogP contribution in [0.3, 0.4) is 0 Å². The van der Waals surface area contributed by atoms with Gasteiger partial charge in [0, 0.05) is 6.07 Å². The molecule has 0 spiro atoms. The highest BCUT2D eigenvalue weighted by atomic mass is 35.5. The topological polar surface area (TPSA) is 20.2 Å². The maximum atomic E-state index is 8.67. The fraction of sp³-hybridized carbons (Fsp3) is 0. The maximum Gasteiger partial charge on any atom is 0.125 e. The van der Waals surface area contributed by atoms with Crippen LogP contribution in [0.15, 0.2) is 18.2 Å². The van der Waals surface area contributed by atoms with Gasteiger partial charge in [0.25, 0.3) is 0 Å². The average molecular weight is 128 g/mol. The molecule has 0 aliphatic heterocycles. The Morgan fingerprint density at radius 1 is 1.50 bits per heavy atom. The molecule has 0 bridgehead atoms. The predicted molar refractivity (Wildman–Crippen MR) is 32.0 cm³/mol. The number of hydrogen-bond acceptors (Lipinski definition) is 1. The van der Waals surface area contributed by atoms with Gasteiger partial charge in [-0.3, -0.25) is 0 Å². The van der Waals surface area contributed by atoms with E-state index in [1.165, 1.54) is 6.07 Å². The summed E-state index contributed by atoms with van der Waals surface area (Å²) >= 11 is 5.43. The summed E-state index contributed by atoms with van der Waals surface area (Å²) in [7, 11) is 0. The van der Waals surface area contributed by atoms with Crippen molar-refractivity contribution < 1.29 is 5.11 Å². The molecule has 8 heavy (non-hydrogen) atoms. The van der Waals surface area contributed by atoms with Crippen LogP contribution in [0.1, 0.15) is 0 Å². The van der Waals surface area contributed by atoms with Gasteiger partial charge in [-0.2, -0.15) is 0 Å². The molecule has 0 heterocycles. The molecule has 0 fully saturated rings. The van der Waals surface area contributed by atoms with E-state index < -0.39 is 0 Å². The lowest BCUT2D eigenvalue weighted by Gasteiger charge is -1.86. The molecule has 0 aliphatic carbocycles. The van der Waals surface area contributed by atoms with Gasteiger partial charge in [-0.05, 0) is 12.1 Å². The van der Waals surface area contributed by atoms with Gasteiger partial charge in [-0.1, -0.05) is 17.7 Å². The van der Waals surface area contributed by atoms with Gasteiger partial charge in [-0.15, -0.1) is 0 Å². The second-order valence-corrected chi connectivity index (χ2v) is 1.79. The molecule has 0 saturated carbocycles. The molecule has 1 aromatic rings. The Morgan fingerprint density at radius 3 is 2.62 bits per heavy atom. The van der Waals surface area contributed by atoms with Crippen LogP contribution in [0.4, 0.5) is 0 Å². The van der Waals surface area contributed by atoms with E-state index in [4.69, 9.17) is 16.7 Å². The van der Waals surface area contributed by atoms with Crippen LogP contribution in [0.2, 0.25) is 5.02 Å². The standard InChI is InChI=1S/C6H4ClO/c7-5-2-1-3-6(8)4-5/h1-3,8H. The van der Waals surface area contributed by atoms with Gasteiger partial charge < -0.3 is 5.11 Å². The van der Waals surface area contributed by atoms with Crippen molar-refractivity contribution in [2.24, 2.45) is 0 Å². The van der Waals surface area contributed by atoms with Crippen molar-refractivity contribution in [2.45, 2.75) is 0 Å². The normalized spacial score (nSPS) is 9.12. The van der Waals surface area contributed by atoms with Crippen molar-refractivity contribution in [3.8, 4) is 5.75 Å². The minimum absolute atomic E-state index is 0.0810. The minimum Gasteiger partial charge on any atom is -0.507 e. The summed E-state index contributed by atoms with van der Waals surface area (Å²) in [5, 5.41) is 9.11. The summed E-state index contributed by atoms with van der Waals surface area (Å²) in [6.45, 7) is 0. The first kappa shape index (κ1) is 5.45. The predicted octanol–water partition coefficient (Wildman–Crippen LogP) is 1.85. The number of aromatic hydroxyl groups is 1. The molecule has 41 valence electrons. The Morgan fingerprint density at radius 2 is 2.25 bits per heavy atom. The van der Waals surface area contributed by atoms with Crippen LogP contribution in [0.5, 0.6) is 5.75 Å². The molecule has 1 N–H and O–H groups in total. The van der Waals surface area contributed by atoms with E-state index >= 15 is 0 Å². The Balaban J connectivity index is 3.08. The van der Waals surface area contributed by atoms with E-state index in [2.05, 4.69) is 6.07 Å². The second kappa shape index (κ2) is 2.05. The molecule has 1 rings (SSSR count). The first-order valence-electron chi connectivity index (χ1n) is 2.16. The molecule has 0 unspecified atom stereocenters. The van der Waals surface area contributed by atoms with E-state index in [1.54, 1.807) is 12.1 Å². The first-order valence-corrected chi connectivity index (χ1v) is 2.53. The monoisotopic (exact) mass is 127 g/mol. The number of rotatable bonds is 0. The molecule has 2 heteroatoms. The third-order valence-corrected chi connectivity index (χ3v) is 0.965. The van der Waals surface area contributed by atoms with Crippen molar-refractivity contribution in [1.29, 1.82) is 0 Å². The summed E-state index contributed by atoms with van der Waals surface area (Å²) in [5.74, 6) is 0.0810. The van der Waals surface area contributed by atoms with E-state index in [-0.39, 0.29) is 5.75 Å². The zero-order chi connectivity index (χ0) is 5.98. The largest absolute Gasteiger partial charge is 0.507 e. The molecule has 0 atom stereocenters. The Kier molecular flexibility index (Phi) is 1.40. The SMILES string of the molecule is Oc1[c]c(Cl)ccc1. The van der Waals surface area contributed by atoms with E-state index in [0.717, 1.165) is 0 Å². The zero-order valence-corrected chi connectivity index (χ0v) is 4.81. The summed E-state index contributed by atoms with van der Waals surface area (Å²) in [4.78, 5) is 0. The smallest absolute Gasteiger partial charge is 0.125 e. The van der Waals surface area contributed by atoms with Gasteiger partial charge >= 0.3 is 0 Å². The number of hydrogen-bond donors (Lipinski definition) is 1. The van der Waals surface area contributed by atoms with Crippen LogP contribution >= 0.6 is 11.6 Å². The molecule has 1 aromatic carbocycles. The van der Waals surface area contributed by atoms with Crippen molar-refractivity contribution >= 4 is 11.6 Å². The van der Waals surface area contributed by atoms with Crippen molar-refractivity contribution in [3.63, 3.8) is 0 Å². The maximum absolute atomic E-state index is 8.67.